The fourth-order valence-electron chi connectivity index (χ4n) is 10.4. The van der Waals surface area contributed by atoms with Crippen LogP contribution in [0.4, 0.5) is 0 Å². The maximum Gasteiger partial charge on any atom is 0.0239 e. The van der Waals surface area contributed by atoms with Crippen LogP contribution in [0.15, 0.2) is 24.3 Å². The zero-order chi connectivity index (χ0) is 45.1. The monoisotopic (exact) mass is 937 g/mol. The van der Waals surface area contributed by atoms with E-state index in [1.54, 1.807) is 11.1 Å². The summed E-state index contributed by atoms with van der Waals surface area (Å²) in [4.78, 5) is 5.84. The smallest absolute Gasteiger partial charge is 0.0239 e. The number of unbranched alkanes of at least 4 members (excludes halogenated alkanes) is 32. The first-order valence-corrected chi connectivity index (χ1v) is 29.0. The summed E-state index contributed by atoms with van der Waals surface area (Å²) in [6, 6.07) is 12.5. The molecule has 4 heteroatoms. The van der Waals surface area contributed by atoms with E-state index in [9.17, 15) is 0 Å². The van der Waals surface area contributed by atoms with Gasteiger partial charge in [0, 0.05) is 37.3 Å². The van der Waals surface area contributed by atoms with E-state index in [-0.39, 0.29) is 24.8 Å². The lowest BCUT2D eigenvalue weighted by atomic mass is 9.99. The lowest BCUT2D eigenvalue weighted by Crippen LogP contribution is -2.40. The zero-order valence-corrected chi connectivity index (χ0v) is 46.7. The summed E-state index contributed by atoms with van der Waals surface area (Å²) in [5, 5.41) is 0. The molecule has 64 heavy (non-hydrogen) atoms. The number of hydrogen-bond acceptors (Lipinski definition) is 2. The molecular formula is C60H118Cl2N2. The van der Waals surface area contributed by atoms with Crippen LogP contribution in [0, 0.1) is 0 Å². The molecule has 0 saturated heterocycles. The maximum absolute atomic E-state index is 2.92. The van der Waals surface area contributed by atoms with Crippen molar-refractivity contribution in [3.63, 3.8) is 0 Å². The van der Waals surface area contributed by atoms with E-state index in [0.29, 0.717) is 24.2 Å². The number of hydrogen-bond donors (Lipinski definition) is 0. The lowest BCUT2D eigenvalue weighted by molar-refractivity contribution is 0.124. The van der Waals surface area contributed by atoms with Crippen LogP contribution in [-0.4, -0.2) is 34.0 Å². The molecule has 4 atom stereocenters. The van der Waals surface area contributed by atoms with Gasteiger partial charge in [-0.15, -0.1) is 24.8 Å². The summed E-state index contributed by atoms with van der Waals surface area (Å²) < 4.78 is 0. The van der Waals surface area contributed by atoms with Gasteiger partial charge in [0.25, 0.3) is 0 Å². The molecule has 0 aromatic heterocycles. The Morgan fingerprint density at radius 3 is 0.688 bits per heavy atom. The fourth-order valence-corrected chi connectivity index (χ4v) is 10.4. The van der Waals surface area contributed by atoms with Gasteiger partial charge in [0.1, 0.15) is 0 Å². The largest absolute Gasteiger partial charge is 0.294 e. The molecule has 0 bridgehead atoms. The molecule has 2 nitrogen and oxygen atoms in total. The van der Waals surface area contributed by atoms with Gasteiger partial charge in [-0.05, 0) is 64.5 Å². The quantitative estimate of drug-likeness (QED) is 0.0601. The predicted molar refractivity (Wildman–Crippen MR) is 297 cm³/mol. The molecule has 1 aromatic rings. The van der Waals surface area contributed by atoms with E-state index >= 15 is 0 Å². The lowest BCUT2D eigenvalue weighted by Gasteiger charge is -2.36. The highest BCUT2D eigenvalue weighted by atomic mass is 35.5. The second-order valence-corrected chi connectivity index (χ2v) is 21.0. The highest BCUT2D eigenvalue weighted by molar-refractivity contribution is 5.85. The van der Waals surface area contributed by atoms with Gasteiger partial charge in [-0.25, -0.2) is 0 Å². The van der Waals surface area contributed by atoms with Crippen molar-refractivity contribution in [2.75, 3.05) is 0 Å². The Hall–Kier alpha value is -0.280. The molecule has 0 radical (unpaired) electrons. The third-order valence-corrected chi connectivity index (χ3v) is 14.9. The van der Waals surface area contributed by atoms with Crippen LogP contribution in [0.25, 0.3) is 0 Å². The van der Waals surface area contributed by atoms with Crippen LogP contribution in [0.1, 0.15) is 323 Å². The van der Waals surface area contributed by atoms with Crippen molar-refractivity contribution in [1.29, 1.82) is 0 Å². The van der Waals surface area contributed by atoms with E-state index < -0.39 is 0 Å². The Labute approximate surface area is 417 Å². The van der Waals surface area contributed by atoms with Gasteiger partial charge in [0.05, 0.1) is 0 Å². The molecule has 0 spiro atoms. The highest BCUT2D eigenvalue weighted by Crippen LogP contribution is 2.25. The highest BCUT2D eigenvalue weighted by Gasteiger charge is 2.23. The molecule has 0 aliphatic rings. The van der Waals surface area contributed by atoms with Gasteiger partial charge in [-0.3, -0.25) is 9.80 Å². The van der Waals surface area contributed by atoms with Crippen LogP contribution in [0.5, 0.6) is 0 Å². The van der Waals surface area contributed by atoms with E-state index in [4.69, 9.17) is 0 Å². The van der Waals surface area contributed by atoms with Crippen LogP contribution < -0.4 is 0 Å². The molecule has 1 aromatic carbocycles. The Balaban J connectivity index is 0. The fraction of sp³-hybridized carbons (Fsp3) is 0.900. The summed E-state index contributed by atoms with van der Waals surface area (Å²) in [6.07, 6.45) is 56.5. The molecule has 382 valence electrons. The second-order valence-electron chi connectivity index (χ2n) is 21.0. The molecular weight excluding hydrogens is 820 g/mol. The molecule has 0 fully saturated rings. The summed E-state index contributed by atoms with van der Waals surface area (Å²) >= 11 is 0. The average molecular weight is 939 g/mol. The van der Waals surface area contributed by atoms with Crippen LogP contribution in [-0.2, 0) is 13.1 Å². The van der Waals surface area contributed by atoms with Crippen molar-refractivity contribution in [1.82, 2.24) is 9.80 Å². The topological polar surface area (TPSA) is 6.48 Å². The number of nitrogens with zero attached hydrogens (tertiary/aromatic N) is 2. The van der Waals surface area contributed by atoms with E-state index in [1.807, 2.05) is 0 Å². The molecule has 0 N–H and O–H groups in total. The van der Waals surface area contributed by atoms with E-state index in [2.05, 4.69) is 89.5 Å². The summed E-state index contributed by atoms with van der Waals surface area (Å²) in [7, 11) is 0. The maximum atomic E-state index is 2.92. The molecule has 1 rings (SSSR count). The molecule has 0 saturated carbocycles. The van der Waals surface area contributed by atoms with Crippen molar-refractivity contribution in [2.24, 2.45) is 0 Å². The van der Waals surface area contributed by atoms with Gasteiger partial charge < -0.3 is 0 Å². The van der Waals surface area contributed by atoms with Crippen LogP contribution in [0.3, 0.4) is 0 Å². The van der Waals surface area contributed by atoms with Crippen molar-refractivity contribution >= 4 is 24.8 Å². The Morgan fingerprint density at radius 2 is 0.484 bits per heavy atom. The summed E-state index contributed by atoms with van der Waals surface area (Å²) in [5.41, 5.74) is 3.08. The first kappa shape index (κ1) is 65.8. The van der Waals surface area contributed by atoms with Gasteiger partial charge in [0.15, 0.2) is 0 Å². The molecule has 0 amide bonds. The molecule has 0 heterocycles. The van der Waals surface area contributed by atoms with Crippen molar-refractivity contribution < 1.29 is 0 Å². The molecule has 0 aliphatic heterocycles. The van der Waals surface area contributed by atoms with Gasteiger partial charge in [0.2, 0.25) is 0 Å². The van der Waals surface area contributed by atoms with Crippen molar-refractivity contribution in [3.8, 4) is 0 Å². The van der Waals surface area contributed by atoms with Crippen LogP contribution >= 0.6 is 24.8 Å². The van der Waals surface area contributed by atoms with Gasteiger partial charge >= 0.3 is 0 Å². The first-order chi connectivity index (χ1) is 30.4. The third kappa shape index (κ3) is 37.7. The van der Waals surface area contributed by atoms with Crippen molar-refractivity contribution in [3.05, 3.63) is 35.4 Å². The number of benzene rings is 1. The Morgan fingerprint density at radius 1 is 0.297 bits per heavy atom. The first-order valence-electron chi connectivity index (χ1n) is 29.0. The minimum absolute atomic E-state index is 0. The molecule has 4 unspecified atom stereocenters. The normalized spacial score (nSPS) is 13.5. The predicted octanol–water partition coefficient (Wildman–Crippen LogP) is 21.4. The SMILES string of the molecule is CCCCCCCCCCCC(C)N(Cc1cccc(CN(C(C)CCCCCCCCCCC)C(C)CCCCCCCCCCC)c1)C(C)CCCCCCCCCCC.Cl.Cl. The van der Waals surface area contributed by atoms with Gasteiger partial charge in [-0.2, -0.15) is 0 Å². The minimum Gasteiger partial charge on any atom is -0.294 e. The van der Waals surface area contributed by atoms with E-state index in [0.717, 1.165) is 13.1 Å². The standard InChI is InChI=1S/C60H116N2.2ClH/c1-9-13-17-21-25-29-33-37-41-46-55(5)61(56(6)47-42-38-34-30-26-22-18-14-10-2)53-59-50-45-51-60(52-59)54-62(57(7)48-43-39-35-31-27-23-19-15-11-3)58(8)49-44-40-36-32-28-24-20-16-12-4;;/h45,50-52,55-58H,9-44,46-49,53-54H2,1-8H3;2*1H. The third-order valence-electron chi connectivity index (χ3n) is 14.9. The Kier molecular flexibility index (Phi) is 50.5. The number of halogens is 2. The van der Waals surface area contributed by atoms with E-state index in [1.165, 1.54) is 257 Å². The summed E-state index contributed by atoms with van der Waals surface area (Å²) in [6.45, 7) is 21.8. The zero-order valence-electron chi connectivity index (χ0n) is 45.0. The molecule has 0 aliphatic carbocycles. The summed E-state index contributed by atoms with van der Waals surface area (Å²) in [5.74, 6) is 0. The minimum atomic E-state index is 0. The van der Waals surface area contributed by atoms with Crippen molar-refractivity contribution in [2.45, 2.75) is 349 Å². The number of rotatable bonds is 48. The van der Waals surface area contributed by atoms with Gasteiger partial charge in [-0.1, -0.05) is 283 Å². The Bertz CT molecular complexity index is 915. The second kappa shape index (κ2) is 49.2. The average Bonchev–Trinajstić information content (AvgIpc) is 3.27. The van der Waals surface area contributed by atoms with Crippen LogP contribution in [0.2, 0.25) is 0 Å².